The van der Waals surface area contributed by atoms with Crippen molar-refractivity contribution in [1.29, 1.82) is 0 Å². The third kappa shape index (κ3) is 5.47. The van der Waals surface area contributed by atoms with E-state index in [1.165, 1.54) is 0 Å². The fraction of sp³-hybridized carbons (Fsp3) is 0.350. The highest BCUT2D eigenvalue weighted by Gasteiger charge is 2.18. The summed E-state index contributed by atoms with van der Waals surface area (Å²) in [6.45, 7) is 2.66. The van der Waals surface area contributed by atoms with Crippen LogP contribution in [0.1, 0.15) is 12.5 Å². The van der Waals surface area contributed by atoms with Crippen LogP contribution in [0.15, 0.2) is 46.9 Å². The molecule has 0 aliphatic heterocycles. The summed E-state index contributed by atoms with van der Waals surface area (Å²) in [6.07, 6.45) is 0.811. The summed E-state index contributed by atoms with van der Waals surface area (Å²) < 4.78 is 11.5. The smallest absolute Gasteiger partial charge is 0.241 e. The molecule has 2 aromatic rings. The molecule has 0 bridgehead atoms. The van der Waals surface area contributed by atoms with E-state index in [1.807, 2.05) is 61.3 Å². The highest BCUT2D eigenvalue weighted by molar-refractivity contribution is 9.10. The van der Waals surface area contributed by atoms with E-state index in [9.17, 15) is 4.79 Å². The van der Waals surface area contributed by atoms with Crippen molar-refractivity contribution in [3.63, 3.8) is 0 Å². The molecule has 0 unspecified atom stereocenters. The molecule has 2 rings (SSSR count). The molecule has 2 aromatic carbocycles. The van der Waals surface area contributed by atoms with Gasteiger partial charge in [0, 0.05) is 16.7 Å². The van der Waals surface area contributed by atoms with Gasteiger partial charge >= 0.3 is 0 Å². The molecule has 0 aliphatic carbocycles. The number of nitrogens with zero attached hydrogens (tertiary/aromatic N) is 1. The number of amides is 1. The van der Waals surface area contributed by atoms with E-state index in [2.05, 4.69) is 21.2 Å². The number of carbonyl (C=O) groups is 1. The Kier molecular flexibility index (Phi) is 7.48. The predicted octanol–water partition coefficient (Wildman–Crippen LogP) is 3.97. The van der Waals surface area contributed by atoms with Crippen LogP contribution < -0.4 is 14.8 Å². The maximum atomic E-state index is 12.5. The molecule has 26 heavy (non-hydrogen) atoms. The lowest BCUT2D eigenvalue weighted by molar-refractivity contribution is -0.120. The molecule has 1 N–H and O–H groups in total. The SMILES string of the molecule is COc1ccc(CCN(C)[C@@H](C)C(=O)Nc2cccc(Br)c2)cc1OC. The Balaban J connectivity index is 1.92. The molecule has 0 saturated carbocycles. The van der Waals surface area contributed by atoms with E-state index in [4.69, 9.17) is 9.47 Å². The van der Waals surface area contributed by atoms with E-state index in [-0.39, 0.29) is 11.9 Å². The number of hydrogen-bond donors (Lipinski definition) is 1. The number of methoxy groups -OCH3 is 2. The van der Waals surface area contributed by atoms with Crippen LogP contribution in [0.5, 0.6) is 11.5 Å². The molecule has 0 saturated heterocycles. The summed E-state index contributed by atoms with van der Waals surface area (Å²) in [5.74, 6) is 1.40. The molecule has 0 spiro atoms. The van der Waals surface area contributed by atoms with Gasteiger partial charge in [0.1, 0.15) is 0 Å². The van der Waals surface area contributed by atoms with Gasteiger partial charge in [-0.05, 0) is 56.3 Å². The van der Waals surface area contributed by atoms with Gasteiger partial charge in [0.25, 0.3) is 0 Å². The topological polar surface area (TPSA) is 50.8 Å². The monoisotopic (exact) mass is 420 g/mol. The lowest BCUT2D eigenvalue weighted by Crippen LogP contribution is -2.40. The van der Waals surface area contributed by atoms with Gasteiger partial charge in [-0.3, -0.25) is 9.69 Å². The summed E-state index contributed by atoms with van der Waals surface area (Å²) in [5, 5.41) is 2.95. The Morgan fingerprint density at radius 3 is 2.54 bits per heavy atom. The van der Waals surface area contributed by atoms with Crippen molar-refractivity contribution in [3.05, 3.63) is 52.5 Å². The largest absolute Gasteiger partial charge is 0.493 e. The predicted molar refractivity (Wildman–Crippen MR) is 108 cm³/mol. The van der Waals surface area contributed by atoms with E-state index in [0.717, 1.165) is 28.7 Å². The molecule has 0 radical (unpaired) electrons. The minimum Gasteiger partial charge on any atom is -0.493 e. The Morgan fingerprint density at radius 1 is 1.15 bits per heavy atom. The van der Waals surface area contributed by atoms with Crippen LogP contribution in [0.25, 0.3) is 0 Å². The van der Waals surface area contributed by atoms with E-state index in [0.29, 0.717) is 11.5 Å². The minimum atomic E-state index is -0.242. The Labute approximate surface area is 163 Å². The van der Waals surface area contributed by atoms with Gasteiger partial charge in [-0.25, -0.2) is 0 Å². The van der Waals surface area contributed by atoms with Gasteiger partial charge in [0.15, 0.2) is 11.5 Å². The van der Waals surface area contributed by atoms with Crippen LogP contribution in [-0.2, 0) is 11.2 Å². The molecular weight excluding hydrogens is 396 g/mol. The van der Waals surface area contributed by atoms with Crippen LogP contribution in [-0.4, -0.2) is 44.7 Å². The number of likely N-dealkylation sites (N-methyl/N-ethyl adjacent to an activating group) is 1. The first kappa shape index (κ1) is 20.3. The lowest BCUT2D eigenvalue weighted by atomic mass is 10.1. The zero-order chi connectivity index (χ0) is 19.1. The molecule has 0 aromatic heterocycles. The van der Waals surface area contributed by atoms with Gasteiger partial charge in [0.2, 0.25) is 5.91 Å². The van der Waals surface area contributed by atoms with Crippen molar-refractivity contribution in [3.8, 4) is 11.5 Å². The van der Waals surface area contributed by atoms with Gasteiger partial charge in [-0.1, -0.05) is 28.1 Å². The average Bonchev–Trinajstić information content (AvgIpc) is 2.65. The first-order valence-corrected chi connectivity index (χ1v) is 9.21. The maximum Gasteiger partial charge on any atom is 0.241 e. The molecule has 1 amide bonds. The van der Waals surface area contributed by atoms with Crippen LogP contribution in [0.4, 0.5) is 5.69 Å². The standard InChI is InChI=1S/C20H25BrN2O3/c1-14(20(24)22-17-7-5-6-16(21)13-17)23(2)11-10-15-8-9-18(25-3)19(12-15)26-4/h5-9,12-14H,10-11H2,1-4H3,(H,22,24)/t14-/m0/s1. The van der Waals surface area contributed by atoms with E-state index in [1.54, 1.807) is 14.2 Å². The molecular formula is C20H25BrN2O3. The molecule has 1 atom stereocenters. The molecule has 5 nitrogen and oxygen atoms in total. The molecule has 140 valence electrons. The minimum absolute atomic E-state index is 0.0297. The van der Waals surface area contributed by atoms with Crippen molar-refractivity contribution in [1.82, 2.24) is 4.90 Å². The van der Waals surface area contributed by atoms with Gasteiger partial charge in [0.05, 0.1) is 20.3 Å². The van der Waals surface area contributed by atoms with Crippen molar-refractivity contribution < 1.29 is 14.3 Å². The highest BCUT2D eigenvalue weighted by Crippen LogP contribution is 2.27. The summed E-state index contributed by atoms with van der Waals surface area (Å²) in [4.78, 5) is 14.5. The van der Waals surface area contributed by atoms with E-state index >= 15 is 0 Å². The van der Waals surface area contributed by atoms with Crippen LogP contribution in [0, 0.1) is 0 Å². The zero-order valence-electron chi connectivity index (χ0n) is 15.6. The van der Waals surface area contributed by atoms with Crippen LogP contribution in [0.3, 0.4) is 0 Å². The van der Waals surface area contributed by atoms with Crippen LogP contribution >= 0.6 is 15.9 Å². The summed E-state index contributed by atoms with van der Waals surface area (Å²) in [5.41, 5.74) is 1.92. The zero-order valence-corrected chi connectivity index (χ0v) is 17.2. The Morgan fingerprint density at radius 2 is 1.88 bits per heavy atom. The van der Waals surface area contributed by atoms with Gasteiger partial charge < -0.3 is 14.8 Å². The number of nitrogens with one attached hydrogen (secondary N) is 1. The van der Waals surface area contributed by atoms with Crippen molar-refractivity contribution in [2.75, 3.05) is 33.1 Å². The molecule has 0 fully saturated rings. The van der Waals surface area contributed by atoms with Crippen LogP contribution in [0.2, 0.25) is 0 Å². The summed E-state index contributed by atoms with van der Waals surface area (Å²) in [7, 11) is 5.20. The van der Waals surface area contributed by atoms with E-state index < -0.39 is 0 Å². The number of anilines is 1. The number of benzene rings is 2. The molecule has 0 heterocycles. The Bertz CT molecular complexity index is 752. The van der Waals surface area contributed by atoms with Gasteiger partial charge in [-0.2, -0.15) is 0 Å². The fourth-order valence-corrected chi connectivity index (χ4v) is 2.95. The quantitative estimate of drug-likeness (QED) is 0.701. The number of ether oxygens (including phenoxy) is 2. The number of rotatable bonds is 8. The molecule has 6 heteroatoms. The van der Waals surface area contributed by atoms with Crippen molar-refractivity contribution >= 4 is 27.5 Å². The number of halogens is 1. The summed E-state index contributed by atoms with van der Waals surface area (Å²) >= 11 is 3.41. The molecule has 0 aliphatic rings. The van der Waals surface area contributed by atoms with Crippen molar-refractivity contribution in [2.24, 2.45) is 0 Å². The second-order valence-electron chi connectivity index (χ2n) is 6.10. The normalized spacial score (nSPS) is 11.9. The maximum absolute atomic E-state index is 12.5. The van der Waals surface area contributed by atoms with Gasteiger partial charge in [-0.15, -0.1) is 0 Å². The first-order valence-electron chi connectivity index (χ1n) is 8.42. The highest BCUT2D eigenvalue weighted by atomic mass is 79.9. The lowest BCUT2D eigenvalue weighted by Gasteiger charge is -2.24. The second kappa shape index (κ2) is 9.59. The summed E-state index contributed by atoms with van der Waals surface area (Å²) in [6, 6.07) is 13.2. The second-order valence-corrected chi connectivity index (χ2v) is 7.01. The third-order valence-electron chi connectivity index (χ3n) is 4.33. The first-order chi connectivity index (χ1) is 12.4. The average molecular weight is 421 g/mol. The third-order valence-corrected chi connectivity index (χ3v) is 4.83. The number of carbonyl (C=O) groups excluding carboxylic acids is 1. The number of hydrogen-bond acceptors (Lipinski definition) is 4. The van der Waals surface area contributed by atoms with Crippen molar-refractivity contribution in [2.45, 2.75) is 19.4 Å². The fourth-order valence-electron chi connectivity index (χ4n) is 2.55. The Hall–Kier alpha value is -2.05.